The van der Waals surface area contributed by atoms with Crippen molar-refractivity contribution in [1.82, 2.24) is 0 Å². The van der Waals surface area contributed by atoms with Gasteiger partial charge in [0.2, 0.25) is 5.91 Å². The summed E-state index contributed by atoms with van der Waals surface area (Å²) in [5.74, 6) is 0.0516. The summed E-state index contributed by atoms with van der Waals surface area (Å²) in [4.78, 5) is 11.5. The predicted molar refractivity (Wildman–Crippen MR) is 81.5 cm³/mol. The maximum Gasteiger partial charge on any atom is 0.224 e. The number of benzene rings is 1. The van der Waals surface area contributed by atoms with Gasteiger partial charge in [0, 0.05) is 38.8 Å². The number of ether oxygens (including phenoxy) is 2. The fourth-order valence-electron chi connectivity index (χ4n) is 2.82. The standard InChI is InChI=1S/C15H21N3O3/c1-20-15(4-5-21-9-15)8-17-13-7-12-10(6-11(13)16)2-3-14(19)18-12/h6-7,17H,2-5,8-9,16H2,1H3,(H,18,19). The number of nitrogen functional groups attached to an aromatic ring is 1. The third-order valence-corrected chi connectivity index (χ3v) is 4.27. The van der Waals surface area contributed by atoms with E-state index in [2.05, 4.69) is 10.6 Å². The van der Waals surface area contributed by atoms with Crippen LogP contribution in [0.2, 0.25) is 0 Å². The minimum absolute atomic E-state index is 0.0516. The van der Waals surface area contributed by atoms with Gasteiger partial charge in [-0.25, -0.2) is 0 Å². The summed E-state index contributed by atoms with van der Waals surface area (Å²) in [6.07, 6.45) is 2.11. The Morgan fingerprint density at radius 1 is 1.48 bits per heavy atom. The lowest BCUT2D eigenvalue weighted by molar-refractivity contribution is -0.116. The van der Waals surface area contributed by atoms with E-state index in [0.717, 1.165) is 29.8 Å². The van der Waals surface area contributed by atoms with E-state index in [4.69, 9.17) is 15.2 Å². The number of carbonyl (C=O) groups is 1. The van der Waals surface area contributed by atoms with Crippen LogP contribution in [0.1, 0.15) is 18.4 Å². The molecule has 4 N–H and O–H groups in total. The van der Waals surface area contributed by atoms with Gasteiger partial charge in [0.1, 0.15) is 5.60 Å². The van der Waals surface area contributed by atoms with Gasteiger partial charge in [-0.15, -0.1) is 0 Å². The van der Waals surface area contributed by atoms with Crippen LogP contribution in [-0.4, -0.2) is 38.4 Å². The van der Waals surface area contributed by atoms with E-state index in [9.17, 15) is 4.79 Å². The van der Waals surface area contributed by atoms with Crippen molar-refractivity contribution in [3.63, 3.8) is 0 Å². The highest BCUT2D eigenvalue weighted by Gasteiger charge is 2.34. The monoisotopic (exact) mass is 291 g/mol. The molecule has 1 aromatic carbocycles. The molecule has 2 aliphatic rings. The van der Waals surface area contributed by atoms with Gasteiger partial charge in [-0.05, 0) is 24.1 Å². The molecule has 0 saturated carbocycles. The summed E-state index contributed by atoms with van der Waals surface area (Å²) in [5, 5.41) is 6.22. The Bertz CT molecular complexity index is 553. The normalized spacial score (nSPS) is 24.5. The Morgan fingerprint density at radius 3 is 3.05 bits per heavy atom. The fourth-order valence-corrected chi connectivity index (χ4v) is 2.82. The van der Waals surface area contributed by atoms with E-state index in [1.807, 2.05) is 12.1 Å². The maximum atomic E-state index is 11.5. The summed E-state index contributed by atoms with van der Waals surface area (Å²) in [6.45, 7) is 1.92. The van der Waals surface area contributed by atoms with E-state index in [1.165, 1.54) is 0 Å². The minimum atomic E-state index is -0.300. The number of anilines is 3. The first-order valence-electron chi connectivity index (χ1n) is 7.21. The van der Waals surface area contributed by atoms with Crippen LogP contribution in [-0.2, 0) is 20.7 Å². The highest BCUT2D eigenvalue weighted by atomic mass is 16.5. The number of amides is 1. The molecule has 6 nitrogen and oxygen atoms in total. The molecule has 1 unspecified atom stereocenters. The lowest BCUT2D eigenvalue weighted by atomic mass is 10.00. The average molecular weight is 291 g/mol. The number of rotatable bonds is 4. The molecule has 2 aliphatic heterocycles. The van der Waals surface area contributed by atoms with E-state index in [-0.39, 0.29) is 11.5 Å². The van der Waals surface area contributed by atoms with Crippen molar-refractivity contribution in [1.29, 1.82) is 0 Å². The number of hydrogen-bond donors (Lipinski definition) is 3. The molecule has 0 bridgehead atoms. The third kappa shape index (κ3) is 2.82. The number of nitrogens with two attached hydrogens (primary N) is 1. The topological polar surface area (TPSA) is 85.6 Å². The van der Waals surface area contributed by atoms with Crippen LogP contribution >= 0.6 is 0 Å². The summed E-state index contributed by atoms with van der Waals surface area (Å²) in [6, 6.07) is 3.84. The predicted octanol–water partition coefficient (Wildman–Crippen LogP) is 1.37. The van der Waals surface area contributed by atoms with Crippen LogP contribution in [0.5, 0.6) is 0 Å². The van der Waals surface area contributed by atoms with Crippen molar-refractivity contribution in [2.75, 3.05) is 43.2 Å². The number of aryl methyl sites for hydroxylation is 1. The minimum Gasteiger partial charge on any atom is -0.397 e. The Morgan fingerprint density at radius 2 is 2.33 bits per heavy atom. The second kappa shape index (κ2) is 5.54. The average Bonchev–Trinajstić information content (AvgIpc) is 2.95. The van der Waals surface area contributed by atoms with Crippen molar-refractivity contribution in [3.05, 3.63) is 17.7 Å². The van der Waals surface area contributed by atoms with Crippen LogP contribution in [0.3, 0.4) is 0 Å². The molecule has 6 heteroatoms. The van der Waals surface area contributed by atoms with Gasteiger partial charge in [-0.1, -0.05) is 0 Å². The Hall–Kier alpha value is -1.79. The molecule has 0 spiro atoms. The molecule has 114 valence electrons. The molecule has 1 aromatic rings. The van der Waals surface area contributed by atoms with Gasteiger partial charge in [0.15, 0.2) is 0 Å². The Balaban J connectivity index is 1.76. The quantitative estimate of drug-likeness (QED) is 0.730. The first kappa shape index (κ1) is 14.2. The molecule has 1 saturated heterocycles. The SMILES string of the molecule is COC1(CNc2cc3c(cc2N)CCC(=O)N3)CCOC1. The first-order valence-corrected chi connectivity index (χ1v) is 7.21. The van der Waals surface area contributed by atoms with Gasteiger partial charge < -0.3 is 25.8 Å². The third-order valence-electron chi connectivity index (χ3n) is 4.27. The van der Waals surface area contributed by atoms with E-state index in [1.54, 1.807) is 7.11 Å². The molecule has 2 heterocycles. The molecule has 21 heavy (non-hydrogen) atoms. The zero-order valence-electron chi connectivity index (χ0n) is 12.2. The summed E-state index contributed by atoms with van der Waals surface area (Å²) in [5.41, 5.74) is 9.24. The summed E-state index contributed by atoms with van der Waals surface area (Å²) < 4.78 is 11.0. The van der Waals surface area contributed by atoms with Crippen LogP contribution < -0.4 is 16.4 Å². The number of nitrogens with one attached hydrogen (secondary N) is 2. The lowest BCUT2D eigenvalue weighted by Gasteiger charge is -2.27. The van der Waals surface area contributed by atoms with E-state index < -0.39 is 0 Å². The van der Waals surface area contributed by atoms with Crippen molar-refractivity contribution < 1.29 is 14.3 Å². The summed E-state index contributed by atoms with van der Waals surface area (Å²) in [7, 11) is 1.70. The largest absolute Gasteiger partial charge is 0.397 e. The zero-order valence-corrected chi connectivity index (χ0v) is 12.2. The molecule has 0 aliphatic carbocycles. The van der Waals surface area contributed by atoms with Crippen LogP contribution in [0, 0.1) is 0 Å². The highest BCUT2D eigenvalue weighted by molar-refractivity contribution is 5.95. The van der Waals surface area contributed by atoms with Crippen molar-refractivity contribution >= 4 is 23.0 Å². The molecule has 3 rings (SSSR count). The second-order valence-corrected chi connectivity index (χ2v) is 5.69. The molecule has 1 amide bonds. The van der Waals surface area contributed by atoms with Gasteiger partial charge >= 0.3 is 0 Å². The van der Waals surface area contributed by atoms with Crippen molar-refractivity contribution in [2.24, 2.45) is 0 Å². The van der Waals surface area contributed by atoms with Gasteiger partial charge in [-0.3, -0.25) is 4.79 Å². The van der Waals surface area contributed by atoms with Gasteiger partial charge in [-0.2, -0.15) is 0 Å². The van der Waals surface area contributed by atoms with Gasteiger partial charge in [0.25, 0.3) is 0 Å². The second-order valence-electron chi connectivity index (χ2n) is 5.69. The van der Waals surface area contributed by atoms with Crippen LogP contribution in [0.25, 0.3) is 0 Å². The van der Waals surface area contributed by atoms with Crippen LogP contribution in [0.15, 0.2) is 12.1 Å². The molecular weight excluding hydrogens is 270 g/mol. The molecule has 1 fully saturated rings. The van der Waals surface area contributed by atoms with Gasteiger partial charge in [0.05, 0.1) is 18.0 Å². The van der Waals surface area contributed by atoms with Crippen LogP contribution in [0.4, 0.5) is 17.1 Å². The first-order chi connectivity index (χ1) is 10.1. The smallest absolute Gasteiger partial charge is 0.224 e. The maximum absolute atomic E-state index is 11.5. The molecule has 1 atom stereocenters. The van der Waals surface area contributed by atoms with E-state index >= 15 is 0 Å². The number of fused-ring (bicyclic) bond motifs is 1. The Kier molecular flexibility index (Phi) is 3.73. The molecule has 0 aromatic heterocycles. The molecular formula is C15H21N3O3. The summed E-state index contributed by atoms with van der Waals surface area (Å²) >= 11 is 0. The fraction of sp³-hybridized carbons (Fsp3) is 0.533. The van der Waals surface area contributed by atoms with E-state index in [0.29, 0.717) is 31.9 Å². The van der Waals surface area contributed by atoms with Crippen molar-refractivity contribution in [2.45, 2.75) is 24.9 Å². The lowest BCUT2D eigenvalue weighted by Crippen LogP contribution is -2.39. The Labute approximate surface area is 124 Å². The van der Waals surface area contributed by atoms with Crippen molar-refractivity contribution in [3.8, 4) is 0 Å². The number of methoxy groups -OCH3 is 1. The highest BCUT2D eigenvalue weighted by Crippen LogP contribution is 2.32. The number of hydrogen-bond acceptors (Lipinski definition) is 5. The number of carbonyl (C=O) groups excluding carboxylic acids is 1. The zero-order chi connectivity index (χ0) is 14.9. The molecule has 0 radical (unpaired) electrons.